The second-order valence-corrected chi connectivity index (χ2v) is 29.9. The van der Waals surface area contributed by atoms with Crippen LogP contribution >= 0.6 is 0 Å². The maximum Gasteiger partial charge on any atom is 0.142 e. The Morgan fingerprint density at radius 1 is 0.646 bits per heavy atom. The van der Waals surface area contributed by atoms with E-state index >= 15 is 0 Å². The third-order valence-electron chi connectivity index (χ3n) is 12.2. The largest absolute Gasteiger partial charge is 0.499 e. The molecule has 10 aromatic rings. The van der Waals surface area contributed by atoms with Crippen molar-refractivity contribution < 1.29 is 28.9 Å². The second-order valence-electron chi connectivity index (χ2n) is 19.4. The molecule has 6 heterocycles. The van der Waals surface area contributed by atoms with Crippen LogP contribution in [0.15, 0.2) is 106 Å². The minimum Gasteiger partial charge on any atom is -0.499 e. The van der Waals surface area contributed by atoms with Gasteiger partial charge in [0.15, 0.2) is 0 Å². The van der Waals surface area contributed by atoms with Gasteiger partial charge in [0.05, 0.1) is 34.3 Å². The first kappa shape index (κ1) is 46.1. The van der Waals surface area contributed by atoms with Crippen LogP contribution in [0.3, 0.4) is 0 Å². The van der Waals surface area contributed by atoms with Crippen LogP contribution < -0.4 is 4.40 Å². The number of hydrogen-bond acceptors (Lipinski definition) is 6. The second kappa shape index (κ2) is 18.1. The predicted molar refractivity (Wildman–Crippen MR) is 268 cm³/mol. The summed E-state index contributed by atoms with van der Waals surface area (Å²) in [5.41, 5.74) is 16.0. The van der Waals surface area contributed by atoms with Crippen LogP contribution in [0, 0.1) is 38.8 Å². The molecule has 0 atom stereocenters. The molecule has 6 aromatic heterocycles. The van der Waals surface area contributed by atoms with Crippen molar-refractivity contribution in [2.75, 3.05) is 0 Å². The maximum atomic E-state index is 6.53. The van der Waals surface area contributed by atoms with Gasteiger partial charge in [0.1, 0.15) is 5.58 Å². The number of furan rings is 2. The number of fused-ring (bicyclic) bond motifs is 7. The topological polar surface area (TPSA) is 82.8 Å². The summed E-state index contributed by atoms with van der Waals surface area (Å²) in [6.07, 6.45) is 5.16. The number of aryl methyl sites for hydroxylation is 3. The molecule has 1 radical (unpaired) electrons. The molecule has 0 amide bonds. The first-order chi connectivity index (χ1) is 30.6. The Hall–Kier alpha value is -5.41. The number of benzene rings is 4. The van der Waals surface area contributed by atoms with Crippen LogP contribution in [-0.2, 0) is 26.5 Å². The number of aromatic nitrogens is 5. The molecule has 0 saturated heterocycles. The van der Waals surface area contributed by atoms with Gasteiger partial charge in [-0.3, -0.25) is 15.0 Å². The zero-order valence-electron chi connectivity index (χ0n) is 39.6. The zero-order valence-corrected chi connectivity index (χ0v) is 44.1. The molecule has 333 valence electrons. The molecular formula is C56H57GeIrN5O2-2. The van der Waals surface area contributed by atoms with E-state index in [1.165, 1.54) is 26.8 Å². The summed E-state index contributed by atoms with van der Waals surface area (Å²) in [5.74, 6) is 9.41. The van der Waals surface area contributed by atoms with E-state index in [1.807, 2.05) is 51.2 Å². The molecule has 9 heteroatoms. The van der Waals surface area contributed by atoms with E-state index in [0.717, 1.165) is 101 Å². The predicted octanol–water partition coefficient (Wildman–Crippen LogP) is 14.5. The first-order valence-corrected chi connectivity index (χ1v) is 29.9. The number of imidazole rings is 1. The third kappa shape index (κ3) is 8.61. The molecule has 0 N–H and O–H groups in total. The van der Waals surface area contributed by atoms with Crippen molar-refractivity contribution in [1.29, 1.82) is 0 Å². The fraction of sp³-hybridized carbons (Fsp3) is 0.286. The van der Waals surface area contributed by atoms with Crippen molar-refractivity contribution in [3.8, 4) is 28.3 Å². The SMILES string of the molecule is CC(C)Cc1cc(-c2[c-]ccc3c2oc2ccccc23)nc[c]1[Ge]([CH3])([CH3])[CH3].Cc1cc2nc(-c3[c-]ccc4c3oc3c(C)nc(C)cc34)n(-c3c(C(C)C)cccc3C(C)C)c2cn1.[Ir]. The van der Waals surface area contributed by atoms with Gasteiger partial charge in [0.25, 0.3) is 0 Å². The Morgan fingerprint density at radius 3 is 1.98 bits per heavy atom. The first-order valence-electron chi connectivity index (χ1n) is 22.6. The van der Waals surface area contributed by atoms with Crippen molar-refractivity contribution in [3.05, 3.63) is 143 Å². The van der Waals surface area contributed by atoms with Gasteiger partial charge in [-0.05, 0) is 55.9 Å². The minimum atomic E-state index is -1.98. The van der Waals surface area contributed by atoms with Crippen molar-refractivity contribution >= 4 is 72.6 Å². The molecule has 65 heavy (non-hydrogen) atoms. The van der Waals surface area contributed by atoms with Gasteiger partial charge >= 0.3 is 164 Å². The van der Waals surface area contributed by atoms with Gasteiger partial charge in [-0.15, -0.1) is 18.2 Å². The van der Waals surface area contributed by atoms with Crippen molar-refractivity contribution in [1.82, 2.24) is 24.5 Å². The van der Waals surface area contributed by atoms with Gasteiger partial charge in [-0.25, -0.2) is 0 Å². The molecule has 0 aliphatic carbocycles. The molecule has 10 rings (SSSR count). The summed E-state index contributed by atoms with van der Waals surface area (Å²) in [4.78, 5) is 19.4. The number of para-hydroxylation sites is 2. The van der Waals surface area contributed by atoms with Crippen LogP contribution in [0.5, 0.6) is 0 Å². The fourth-order valence-electron chi connectivity index (χ4n) is 9.26. The van der Waals surface area contributed by atoms with Gasteiger partial charge in [0.2, 0.25) is 0 Å². The summed E-state index contributed by atoms with van der Waals surface area (Å²) in [5, 5.41) is 4.39. The van der Waals surface area contributed by atoms with Crippen LogP contribution in [0.25, 0.3) is 83.2 Å². The Morgan fingerprint density at radius 2 is 1.31 bits per heavy atom. The molecule has 0 aliphatic heterocycles. The molecule has 4 aromatic carbocycles. The Kier molecular flexibility index (Phi) is 12.9. The van der Waals surface area contributed by atoms with Crippen molar-refractivity contribution in [2.45, 2.75) is 97.8 Å². The monoisotopic (exact) mass is 1100 g/mol. The van der Waals surface area contributed by atoms with E-state index in [-0.39, 0.29) is 20.1 Å². The van der Waals surface area contributed by atoms with Crippen LogP contribution in [0.1, 0.15) is 87.2 Å². The summed E-state index contributed by atoms with van der Waals surface area (Å²) >= 11 is -1.98. The van der Waals surface area contributed by atoms with Gasteiger partial charge < -0.3 is 8.98 Å². The van der Waals surface area contributed by atoms with Gasteiger partial charge in [-0.2, -0.15) is 0 Å². The van der Waals surface area contributed by atoms with E-state index in [2.05, 4.69) is 152 Å². The Labute approximate surface area is 398 Å². The summed E-state index contributed by atoms with van der Waals surface area (Å²) in [6, 6.07) is 36.2. The van der Waals surface area contributed by atoms with E-state index in [0.29, 0.717) is 17.8 Å². The van der Waals surface area contributed by atoms with Gasteiger partial charge in [-0.1, -0.05) is 56.8 Å². The van der Waals surface area contributed by atoms with E-state index in [9.17, 15) is 0 Å². The molecule has 0 aliphatic rings. The molecular weight excluding hydrogens is 1040 g/mol. The zero-order chi connectivity index (χ0) is 45.2. The smallest absolute Gasteiger partial charge is 0.142 e. The maximum absolute atomic E-state index is 6.53. The van der Waals surface area contributed by atoms with E-state index in [4.69, 9.17) is 18.8 Å². The Balaban J connectivity index is 0.000000183. The van der Waals surface area contributed by atoms with E-state index in [1.54, 1.807) is 0 Å². The summed E-state index contributed by atoms with van der Waals surface area (Å²) in [6.45, 7) is 19.6. The summed E-state index contributed by atoms with van der Waals surface area (Å²) < 4.78 is 16.5. The number of nitrogens with zero attached hydrogens (tertiary/aromatic N) is 5. The number of pyridine rings is 3. The Bertz CT molecular complexity index is 3360. The van der Waals surface area contributed by atoms with Crippen molar-refractivity contribution in [3.63, 3.8) is 0 Å². The average Bonchev–Trinajstić information content (AvgIpc) is 3.94. The number of hydrogen-bond donors (Lipinski definition) is 0. The molecule has 0 spiro atoms. The quantitative estimate of drug-likeness (QED) is 0.111. The van der Waals surface area contributed by atoms with Crippen LogP contribution in [0.2, 0.25) is 17.3 Å². The normalized spacial score (nSPS) is 12.0. The standard InChI is InChI=1S/C32H31N4O.C24H26GeNO.Ir/c1-17(2)22-10-8-11-23(18(3)4)29(22)36-28-16-33-19(5)15-27(28)35-32(36)25-13-9-12-24-26-14-20(6)34-21(7)30(26)37-31(24)25;1-16(2)13-17-14-22(26-15-21(17)25(3,4)5)20-11-8-10-19-18-9-6-7-12-23(18)27-24(19)20;/h8-12,14-18H,1-7H3;6-10,12,14-16H,13H2,1-5H3;/q2*-1;. The van der Waals surface area contributed by atoms with E-state index < -0.39 is 13.3 Å². The average molecular weight is 1100 g/mol. The molecule has 0 fully saturated rings. The summed E-state index contributed by atoms with van der Waals surface area (Å²) in [7, 11) is 0. The van der Waals surface area contributed by atoms with Crippen LogP contribution in [0.4, 0.5) is 0 Å². The van der Waals surface area contributed by atoms with Crippen molar-refractivity contribution in [2.24, 2.45) is 5.92 Å². The molecule has 0 saturated carbocycles. The minimum absolute atomic E-state index is 0. The number of rotatable bonds is 8. The molecule has 0 bridgehead atoms. The fourth-order valence-corrected chi connectivity index (χ4v) is 12.6. The third-order valence-corrected chi connectivity index (χ3v) is 16.5. The molecule has 0 unspecified atom stereocenters. The van der Waals surface area contributed by atoms with Crippen LogP contribution in [-0.4, -0.2) is 37.8 Å². The molecule has 7 nitrogen and oxygen atoms in total. The van der Waals surface area contributed by atoms with Gasteiger partial charge in [0, 0.05) is 42.6 Å².